The van der Waals surface area contributed by atoms with Crippen LogP contribution < -0.4 is 10.5 Å². The van der Waals surface area contributed by atoms with Gasteiger partial charge in [-0.25, -0.2) is 9.97 Å². The van der Waals surface area contributed by atoms with Gasteiger partial charge in [0.05, 0.1) is 12.8 Å². The van der Waals surface area contributed by atoms with Gasteiger partial charge in [0, 0.05) is 18.1 Å². The Labute approximate surface area is 210 Å². The Kier molecular flexibility index (Phi) is 6.82. The van der Waals surface area contributed by atoms with E-state index in [0.717, 1.165) is 52.9 Å². The van der Waals surface area contributed by atoms with Crippen LogP contribution in [0.25, 0.3) is 27.7 Å². The molecule has 0 bridgehead atoms. The minimum Gasteiger partial charge on any atom is -0.497 e. The van der Waals surface area contributed by atoms with E-state index in [-0.39, 0.29) is 0 Å². The molecule has 5 rings (SSSR count). The molecule has 0 fully saturated rings. The minimum atomic E-state index is -0.932. The summed E-state index contributed by atoms with van der Waals surface area (Å²) < 4.78 is 7.50. The van der Waals surface area contributed by atoms with Crippen LogP contribution in [0.1, 0.15) is 36.9 Å². The topological polar surface area (TPSA) is 103 Å². The first kappa shape index (κ1) is 23.8. The summed E-state index contributed by atoms with van der Waals surface area (Å²) in [7, 11) is 1.68. The lowest BCUT2D eigenvalue weighted by atomic mass is 9.84. The van der Waals surface area contributed by atoms with Crippen molar-refractivity contribution in [2.45, 2.75) is 38.3 Å². The van der Waals surface area contributed by atoms with E-state index in [9.17, 15) is 4.79 Å². The highest BCUT2D eigenvalue weighted by Crippen LogP contribution is 2.34. The summed E-state index contributed by atoms with van der Waals surface area (Å²) in [5.74, 6) is 0.207. The number of carboxylic acids is 1. The first-order valence-corrected chi connectivity index (χ1v) is 12.2. The molecule has 2 atom stereocenters. The van der Waals surface area contributed by atoms with E-state index in [1.54, 1.807) is 13.4 Å². The standard InChI is InChI=1S/C29H30N4O3/c1-36-24-4-2-3-23(16-24)21-9-7-20(8-10-21)17-33-14-13-25-27(31-18-32-28(25)33)22-11-5-19(6-12-22)15-26(30)29(34)35/h2-4,7-11,13-14,16,18-19,26H,5-6,12,15,17,30H2,1H3,(H,34,35). The molecule has 0 amide bonds. The number of hydrogen-bond donors (Lipinski definition) is 2. The summed E-state index contributed by atoms with van der Waals surface area (Å²) in [6.45, 7) is 0.715. The Morgan fingerprint density at radius 1 is 1.17 bits per heavy atom. The fourth-order valence-electron chi connectivity index (χ4n) is 4.97. The lowest BCUT2D eigenvalue weighted by Crippen LogP contribution is -2.32. The number of carbonyl (C=O) groups is 1. The summed E-state index contributed by atoms with van der Waals surface area (Å²) in [6, 6.07) is 17.9. The van der Waals surface area contributed by atoms with Crippen LogP contribution in [-0.2, 0) is 11.3 Å². The van der Waals surface area contributed by atoms with Gasteiger partial charge in [-0.3, -0.25) is 4.79 Å². The second-order valence-corrected chi connectivity index (χ2v) is 9.38. The van der Waals surface area contributed by atoms with Crippen LogP contribution in [0.2, 0.25) is 0 Å². The quantitative estimate of drug-likeness (QED) is 0.360. The Morgan fingerprint density at radius 2 is 2.00 bits per heavy atom. The molecule has 2 aromatic carbocycles. The van der Waals surface area contributed by atoms with Crippen LogP contribution in [0.3, 0.4) is 0 Å². The van der Waals surface area contributed by atoms with Gasteiger partial charge in [-0.05, 0) is 72.1 Å². The summed E-state index contributed by atoms with van der Waals surface area (Å²) in [5, 5.41) is 10.1. The summed E-state index contributed by atoms with van der Waals surface area (Å²) in [5.41, 5.74) is 12.3. The van der Waals surface area contributed by atoms with Crippen LogP contribution in [-0.4, -0.2) is 38.8 Å². The average Bonchev–Trinajstić information content (AvgIpc) is 3.32. The molecule has 2 unspecified atom stereocenters. The number of carboxylic acid groups (broad SMARTS) is 1. The van der Waals surface area contributed by atoms with E-state index < -0.39 is 12.0 Å². The van der Waals surface area contributed by atoms with Crippen molar-refractivity contribution in [3.05, 3.63) is 84.5 Å². The molecule has 36 heavy (non-hydrogen) atoms. The first-order chi connectivity index (χ1) is 17.5. The molecule has 3 N–H and O–H groups in total. The van der Waals surface area contributed by atoms with Gasteiger partial charge in [0.25, 0.3) is 0 Å². The summed E-state index contributed by atoms with van der Waals surface area (Å²) in [6.07, 6.45) is 9.00. The maximum atomic E-state index is 11.1. The number of nitrogens with zero attached hydrogens (tertiary/aromatic N) is 3. The molecule has 0 aliphatic heterocycles. The maximum absolute atomic E-state index is 11.1. The molecule has 4 aromatic rings. The van der Waals surface area contributed by atoms with Gasteiger partial charge >= 0.3 is 5.97 Å². The zero-order valence-corrected chi connectivity index (χ0v) is 20.3. The fourth-order valence-corrected chi connectivity index (χ4v) is 4.97. The van der Waals surface area contributed by atoms with Crippen molar-refractivity contribution >= 4 is 22.6 Å². The molecule has 0 spiro atoms. The van der Waals surface area contributed by atoms with Gasteiger partial charge in [0.1, 0.15) is 23.8 Å². The van der Waals surface area contributed by atoms with Crippen LogP contribution >= 0.6 is 0 Å². The SMILES string of the molecule is COc1cccc(-c2ccc(Cn3ccc4c(C5=CCC(CC(N)C(=O)O)CC5)ncnc43)cc2)c1. The van der Waals surface area contributed by atoms with Gasteiger partial charge in [0.15, 0.2) is 0 Å². The molecule has 7 heteroatoms. The lowest BCUT2D eigenvalue weighted by molar-refractivity contribution is -0.138. The molecular formula is C29H30N4O3. The predicted molar refractivity (Wildman–Crippen MR) is 141 cm³/mol. The first-order valence-electron chi connectivity index (χ1n) is 12.2. The van der Waals surface area contributed by atoms with Gasteiger partial charge in [-0.1, -0.05) is 42.5 Å². The highest BCUT2D eigenvalue weighted by atomic mass is 16.5. The molecule has 1 aliphatic rings. The fraction of sp³-hybridized carbons (Fsp3) is 0.276. The third-order valence-corrected chi connectivity index (χ3v) is 6.99. The number of allylic oxidation sites excluding steroid dienone is 2. The molecular weight excluding hydrogens is 452 g/mol. The van der Waals surface area contributed by atoms with Crippen molar-refractivity contribution in [1.82, 2.24) is 14.5 Å². The number of rotatable bonds is 8. The Morgan fingerprint density at radius 3 is 2.72 bits per heavy atom. The van der Waals surface area contributed by atoms with Crippen molar-refractivity contribution < 1.29 is 14.6 Å². The second-order valence-electron chi connectivity index (χ2n) is 9.38. The van der Waals surface area contributed by atoms with E-state index in [1.165, 1.54) is 11.1 Å². The number of ether oxygens (including phenoxy) is 1. The Hall–Kier alpha value is -3.97. The number of aromatic nitrogens is 3. The van der Waals surface area contributed by atoms with Crippen LogP contribution in [0.5, 0.6) is 5.75 Å². The van der Waals surface area contributed by atoms with Crippen molar-refractivity contribution in [3.8, 4) is 16.9 Å². The molecule has 0 saturated heterocycles. The minimum absolute atomic E-state index is 0.293. The van der Waals surface area contributed by atoms with Gasteiger partial charge in [-0.15, -0.1) is 0 Å². The highest BCUT2D eigenvalue weighted by molar-refractivity contribution is 5.88. The van der Waals surface area contributed by atoms with Crippen molar-refractivity contribution in [2.75, 3.05) is 7.11 Å². The largest absolute Gasteiger partial charge is 0.497 e. The number of benzene rings is 2. The van der Waals surface area contributed by atoms with Crippen LogP contribution in [0, 0.1) is 5.92 Å². The van der Waals surface area contributed by atoms with Crippen molar-refractivity contribution in [2.24, 2.45) is 11.7 Å². The predicted octanol–water partition coefficient (Wildman–Crippen LogP) is 5.14. The monoisotopic (exact) mass is 482 g/mol. The van der Waals surface area contributed by atoms with Gasteiger partial charge < -0.3 is 20.1 Å². The van der Waals surface area contributed by atoms with E-state index in [4.69, 9.17) is 15.6 Å². The molecule has 0 radical (unpaired) electrons. The van der Waals surface area contributed by atoms with Crippen LogP contribution in [0.15, 0.2) is 73.2 Å². The molecule has 2 aromatic heterocycles. The zero-order chi connectivity index (χ0) is 25.1. The van der Waals surface area contributed by atoms with E-state index in [1.807, 2.05) is 18.2 Å². The Bertz CT molecular complexity index is 1410. The average molecular weight is 483 g/mol. The zero-order valence-electron chi connectivity index (χ0n) is 20.3. The smallest absolute Gasteiger partial charge is 0.320 e. The Balaban J connectivity index is 1.32. The summed E-state index contributed by atoms with van der Waals surface area (Å²) in [4.78, 5) is 20.3. The highest BCUT2D eigenvalue weighted by Gasteiger charge is 2.23. The second kappa shape index (κ2) is 10.3. The molecule has 7 nitrogen and oxygen atoms in total. The normalized spacial score (nSPS) is 16.5. The lowest BCUT2D eigenvalue weighted by Gasteiger charge is -2.23. The van der Waals surface area contributed by atoms with Crippen molar-refractivity contribution in [3.63, 3.8) is 0 Å². The van der Waals surface area contributed by atoms with Gasteiger partial charge in [0.2, 0.25) is 0 Å². The van der Waals surface area contributed by atoms with Gasteiger partial charge in [-0.2, -0.15) is 0 Å². The summed E-state index contributed by atoms with van der Waals surface area (Å²) >= 11 is 0. The maximum Gasteiger partial charge on any atom is 0.320 e. The van der Waals surface area contributed by atoms with Crippen LogP contribution in [0.4, 0.5) is 0 Å². The number of hydrogen-bond acceptors (Lipinski definition) is 5. The number of fused-ring (bicyclic) bond motifs is 1. The molecule has 1 aliphatic carbocycles. The number of methoxy groups -OCH3 is 1. The third-order valence-electron chi connectivity index (χ3n) is 6.99. The van der Waals surface area contributed by atoms with E-state index >= 15 is 0 Å². The molecule has 184 valence electrons. The van der Waals surface area contributed by atoms with E-state index in [2.05, 4.69) is 63.2 Å². The van der Waals surface area contributed by atoms with Crippen molar-refractivity contribution in [1.29, 1.82) is 0 Å². The third kappa shape index (κ3) is 5.02. The molecule has 0 saturated carbocycles. The number of nitrogens with two attached hydrogens (primary N) is 1. The molecule has 2 heterocycles. The number of aliphatic carboxylic acids is 1. The van der Waals surface area contributed by atoms with E-state index in [0.29, 0.717) is 18.9 Å².